The molecule has 0 aromatic heterocycles. The molecule has 6 heteroatoms. The van der Waals surface area contributed by atoms with Crippen LogP contribution in [0, 0.1) is 5.92 Å². The molecule has 0 amide bonds. The largest absolute Gasteiger partial charge is 0.481 e. The van der Waals surface area contributed by atoms with Crippen LogP contribution in [0.3, 0.4) is 0 Å². The first-order valence-electron chi connectivity index (χ1n) is 4.01. The van der Waals surface area contributed by atoms with Gasteiger partial charge in [0.05, 0.1) is 24.0 Å². The van der Waals surface area contributed by atoms with Crippen molar-refractivity contribution in [3.63, 3.8) is 0 Å². The number of carboxylic acid groups (broad SMARTS) is 1. The number of rotatable bonds is 3. The molecular weight excluding hydrogens is 196 g/mol. The predicted molar refractivity (Wildman–Crippen MR) is 45.0 cm³/mol. The molecule has 0 radical (unpaired) electrons. The van der Waals surface area contributed by atoms with E-state index in [-0.39, 0.29) is 17.9 Å². The third-order valence-electron chi connectivity index (χ3n) is 2.20. The number of aliphatic hydroxyl groups is 1. The van der Waals surface area contributed by atoms with E-state index in [9.17, 15) is 18.3 Å². The van der Waals surface area contributed by atoms with Gasteiger partial charge in [0.15, 0.2) is 9.84 Å². The molecule has 5 nitrogen and oxygen atoms in total. The highest BCUT2D eigenvalue weighted by atomic mass is 32.2. The van der Waals surface area contributed by atoms with Gasteiger partial charge in [-0.2, -0.15) is 0 Å². The SMILES string of the molecule is O=C(O)CC(O)C1CCS(=O)(=O)C1. The van der Waals surface area contributed by atoms with Crippen LogP contribution >= 0.6 is 0 Å². The van der Waals surface area contributed by atoms with Gasteiger partial charge in [0.2, 0.25) is 0 Å². The second kappa shape index (κ2) is 3.63. The zero-order valence-corrected chi connectivity index (χ0v) is 7.83. The summed E-state index contributed by atoms with van der Waals surface area (Å²) in [4.78, 5) is 10.2. The fraction of sp³-hybridized carbons (Fsp3) is 0.857. The summed E-state index contributed by atoms with van der Waals surface area (Å²) in [6.07, 6.45) is -1.04. The topological polar surface area (TPSA) is 91.7 Å². The highest BCUT2D eigenvalue weighted by molar-refractivity contribution is 7.91. The number of aliphatic hydroxyl groups excluding tert-OH is 1. The first-order valence-corrected chi connectivity index (χ1v) is 5.83. The van der Waals surface area contributed by atoms with Crippen molar-refractivity contribution in [2.45, 2.75) is 18.9 Å². The fourth-order valence-corrected chi connectivity index (χ4v) is 3.34. The van der Waals surface area contributed by atoms with Crippen molar-refractivity contribution in [3.05, 3.63) is 0 Å². The summed E-state index contributed by atoms with van der Waals surface area (Å²) >= 11 is 0. The zero-order valence-electron chi connectivity index (χ0n) is 7.01. The lowest BCUT2D eigenvalue weighted by atomic mass is 10.00. The Balaban J connectivity index is 2.51. The minimum Gasteiger partial charge on any atom is -0.481 e. The van der Waals surface area contributed by atoms with Gasteiger partial charge < -0.3 is 10.2 Å². The van der Waals surface area contributed by atoms with E-state index in [0.29, 0.717) is 6.42 Å². The van der Waals surface area contributed by atoms with E-state index in [4.69, 9.17) is 5.11 Å². The summed E-state index contributed by atoms with van der Waals surface area (Å²) in [5, 5.41) is 17.7. The van der Waals surface area contributed by atoms with Crippen molar-refractivity contribution in [1.29, 1.82) is 0 Å². The van der Waals surface area contributed by atoms with Crippen molar-refractivity contribution in [2.24, 2.45) is 5.92 Å². The van der Waals surface area contributed by atoms with Gasteiger partial charge in [-0.1, -0.05) is 0 Å². The molecule has 1 heterocycles. The van der Waals surface area contributed by atoms with Gasteiger partial charge in [-0.05, 0) is 6.42 Å². The third kappa shape index (κ3) is 2.96. The average Bonchev–Trinajstić information content (AvgIpc) is 2.28. The summed E-state index contributed by atoms with van der Waals surface area (Å²) in [5.41, 5.74) is 0. The number of hydrogen-bond acceptors (Lipinski definition) is 4. The Morgan fingerprint density at radius 3 is 2.54 bits per heavy atom. The Morgan fingerprint density at radius 2 is 2.15 bits per heavy atom. The van der Waals surface area contributed by atoms with Crippen molar-refractivity contribution < 1.29 is 23.4 Å². The van der Waals surface area contributed by atoms with E-state index in [1.165, 1.54) is 0 Å². The smallest absolute Gasteiger partial charge is 0.305 e. The van der Waals surface area contributed by atoms with Crippen molar-refractivity contribution in [2.75, 3.05) is 11.5 Å². The zero-order chi connectivity index (χ0) is 10.1. The minimum absolute atomic E-state index is 0.0638. The number of carbonyl (C=O) groups is 1. The molecule has 1 aliphatic rings. The number of hydrogen-bond donors (Lipinski definition) is 2. The van der Waals surface area contributed by atoms with Crippen molar-refractivity contribution in [1.82, 2.24) is 0 Å². The molecular formula is C7H12O5S. The van der Waals surface area contributed by atoms with Crippen LogP contribution in [0.25, 0.3) is 0 Å². The van der Waals surface area contributed by atoms with Crippen LogP contribution in [0.2, 0.25) is 0 Å². The van der Waals surface area contributed by atoms with Crippen LogP contribution in [0.15, 0.2) is 0 Å². The quantitative estimate of drug-likeness (QED) is 0.637. The van der Waals surface area contributed by atoms with Crippen molar-refractivity contribution >= 4 is 15.8 Å². The van der Waals surface area contributed by atoms with Crippen LogP contribution < -0.4 is 0 Å². The number of carboxylic acids is 1. The van der Waals surface area contributed by atoms with Gasteiger partial charge in [-0.3, -0.25) is 4.79 Å². The van der Waals surface area contributed by atoms with Gasteiger partial charge in [-0.15, -0.1) is 0 Å². The lowest BCUT2D eigenvalue weighted by Gasteiger charge is -2.13. The van der Waals surface area contributed by atoms with Gasteiger partial charge in [0.25, 0.3) is 0 Å². The van der Waals surface area contributed by atoms with Gasteiger partial charge in [0.1, 0.15) is 0 Å². The molecule has 1 fully saturated rings. The van der Waals surface area contributed by atoms with E-state index in [0.717, 1.165) is 0 Å². The second-order valence-corrected chi connectivity index (χ2v) is 5.56. The maximum Gasteiger partial charge on any atom is 0.305 e. The highest BCUT2D eigenvalue weighted by Crippen LogP contribution is 2.23. The molecule has 1 aliphatic heterocycles. The first kappa shape index (κ1) is 10.5. The molecule has 76 valence electrons. The Bertz CT molecular complexity index is 294. The van der Waals surface area contributed by atoms with Crippen LogP contribution in [0.5, 0.6) is 0 Å². The monoisotopic (exact) mass is 208 g/mol. The molecule has 0 spiro atoms. The van der Waals surface area contributed by atoms with E-state index in [1.54, 1.807) is 0 Å². The molecule has 0 bridgehead atoms. The Morgan fingerprint density at radius 1 is 1.54 bits per heavy atom. The Labute approximate surface area is 76.3 Å². The summed E-state index contributed by atoms with van der Waals surface area (Å²) in [6.45, 7) is 0. The summed E-state index contributed by atoms with van der Waals surface area (Å²) < 4.78 is 21.9. The normalized spacial score (nSPS) is 28.5. The maximum absolute atomic E-state index is 11.0. The summed E-state index contributed by atoms with van der Waals surface area (Å²) in [6, 6.07) is 0. The molecule has 13 heavy (non-hydrogen) atoms. The summed E-state index contributed by atoms with van der Waals surface area (Å²) in [5.74, 6) is -1.52. The Hall–Kier alpha value is -0.620. The second-order valence-electron chi connectivity index (χ2n) is 3.33. The molecule has 2 unspecified atom stereocenters. The standard InChI is InChI=1S/C7H12O5S/c8-6(3-7(9)10)5-1-2-13(11,12)4-5/h5-6,8H,1-4H2,(H,9,10). The van der Waals surface area contributed by atoms with Crippen LogP contribution in [0.4, 0.5) is 0 Å². The molecule has 0 aromatic rings. The minimum atomic E-state index is -3.03. The number of aliphatic carboxylic acids is 1. The molecule has 1 saturated heterocycles. The molecule has 2 atom stereocenters. The fourth-order valence-electron chi connectivity index (χ4n) is 1.47. The average molecular weight is 208 g/mol. The van der Waals surface area contributed by atoms with Crippen LogP contribution in [-0.4, -0.2) is 42.2 Å². The maximum atomic E-state index is 11.0. The van der Waals surface area contributed by atoms with Gasteiger partial charge in [-0.25, -0.2) is 8.42 Å². The van der Waals surface area contributed by atoms with Crippen LogP contribution in [0.1, 0.15) is 12.8 Å². The molecule has 2 N–H and O–H groups in total. The summed E-state index contributed by atoms with van der Waals surface area (Å²) in [7, 11) is -3.03. The molecule has 0 aromatic carbocycles. The van der Waals surface area contributed by atoms with Gasteiger partial charge in [0, 0.05) is 5.92 Å². The lowest BCUT2D eigenvalue weighted by molar-refractivity contribution is -0.139. The molecule has 0 aliphatic carbocycles. The van der Waals surface area contributed by atoms with Gasteiger partial charge >= 0.3 is 5.97 Å². The third-order valence-corrected chi connectivity index (χ3v) is 3.99. The highest BCUT2D eigenvalue weighted by Gasteiger charge is 2.33. The first-order chi connectivity index (χ1) is 5.91. The van der Waals surface area contributed by atoms with E-state index < -0.39 is 27.8 Å². The Kier molecular flexibility index (Phi) is 2.92. The van der Waals surface area contributed by atoms with Crippen molar-refractivity contribution in [3.8, 4) is 0 Å². The predicted octanol–water partition coefficient (Wildman–Crippen LogP) is -0.743. The van der Waals surface area contributed by atoms with E-state index in [2.05, 4.69) is 0 Å². The van der Waals surface area contributed by atoms with Crippen LogP contribution in [-0.2, 0) is 14.6 Å². The number of sulfone groups is 1. The molecule has 0 saturated carbocycles. The van der Waals surface area contributed by atoms with E-state index >= 15 is 0 Å². The molecule has 1 rings (SSSR count). The van der Waals surface area contributed by atoms with E-state index in [1.807, 2.05) is 0 Å². The lowest BCUT2D eigenvalue weighted by Crippen LogP contribution is -2.24.